The number of carboxylic acids is 1. The fourth-order valence-corrected chi connectivity index (χ4v) is 2.21. The molecule has 0 aromatic heterocycles. The first kappa shape index (κ1) is 14.2. The molecule has 2 aromatic rings. The second-order valence-electron chi connectivity index (χ2n) is 4.52. The van der Waals surface area contributed by atoms with Crippen LogP contribution in [0.25, 0.3) is 0 Å². The smallest absolute Gasteiger partial charge is 0.337 e. The summed E-state index contributed by atoms with van der Waals surface area (Å²) in [5.41, 5.74) is 0.630. The third-order valence-corrected chi connectivity index (χ3v) is 3.42. The first-order chi connectivity index (χ1) is 10.5. The molecule has 7 heteroatoms. The Kier molecular flexibility index (Phi) is 3.60. The van der Waals surface area contributed by atoms with Crippen LogP contribution in [0.3, 0.4) is 0 Å². The van der Waals surface area contributed by atoms with Crippen molar-refractivity contribution < 1.29 is 24.2 Å². The van der Waals surface area contributed by atoms with Gasteiger partial charge >= 0.3 is 5.97 Å². The van der Waals surface area contributed by atoms with E-state index in [1.54, 1.807) is 18.2 Å². The lowest BCUT2D eigenvalue weighted by Gasteiger charge is -2.08. The number of rotatable bonds is 3. The number of benzene rings is 2. The van der Waals surface area contributed by atoms with Crippen molar-refractivity contribution in [1.82, 2.24) is 0 Å². The Labute approximate surface area is 130 Å². The van der Waals surface area contributed by atoms with Gasteiger partial charge in [0.15, 0.2) is 11.5 Å². The maximum Gasteiger partial charge on any atom is 0.337 e. The van der Waals surface area contributed by atoms with Gasteiger partial charge in [-0.05, 0) is 36.4 Å². The SMILES string of the molecule is O=C(Nc1ccc(Cl)c(C(=O)O)c1)c1ccc2c(c1)OCO2. The average molecular weight is 320 g/mol. The highest BCUT2D eigenvalue weighted by Crippen LogP contribution is 2.32. The van der Waals surface area contributed by atoms with Gasteiger partial charge in [0.1, 0.15) is 0 Å². The zero-order chi connectivity index (χ0) is 15.7. The van der Waals surface area contributed by atoms with Crippen LogP contribution in [0, 0.1) is 0 Å². The highest BCUT2D eigenvalue weighted by molar-refractivity contribution is 6.33. The molecule has 1 aliphatic heterocycles. The van der Waals surface area contributed by atoms with Crippen LogP contribution in [-0.4, -0.2) is 23.8 Å². The molecule has 1 heterocycles. The quantitative estimate of drug-likeness (QED) is 0.908. The largest absolute Gasteiger partial charge is 0.478 e. The molecular weight excluding hydrogens is 310 g/mol. The highest BCUT2D eigenvalue weighted by Gasteiger charge is 2.17. The molecular formula is C15H10ClNO5. The number of carboxylic acid groups (broad SMARTS) is 1. The predicted molar refractivity (Wildman–Crippen MR) is 78.9 cm³/mol. The summed E-state index contributed by atoms with van der Waals surface area (Å²) >= 11 is 5.78. The number of amides is 1. The summed E-state index contributed by atoms with van der Waals surface area (Å²) in [6, 6.07) is 9.04. The predicted octanol–water partition coefficient (Wildman–Crippen LogP) is 3.02. The fourth-order valence-electron chi connectivity index (χ4n) is 2.01. The van der Waals surface area contributed by atoms with Gasteiger partial charge in [0.25, 0.3) is 5.91 Å². The summed E-state index contributed by atoms with van der Waals surface area (Å²) in [7, 11) is 0. The molecule has 0 aliphatic carbocycles. The number of ether oxygens (including phenoxy) is 2. The second-order valence-corrected chi connectivity index (χ2v) is 4.93. The number of fused-ring (bicyclic) bond motifs is 1. The molecule has 2 aromatic carbocycles. The molecule has 0 radical (unpaired) electrons. The van der Waals surface area contributed by atoms with Crippen molar-refractivity contribution in [1.29, 1.82) is 0 Å². The van der Waals surface area contributed by atoms with Gasteiger partial charge in [0, 0.05) is 11.3 Å². The van der Waals surface area contributed by atoms with Crippen molar-refractivity contribution in [2.24, 2.45) is 0 Å². The second kappa shape index (κ2) is 5.57. The Morgan fingerprint density at radius 1 is 1.09 bits per heavy atom. The van der Waals surface area contributed by atoms with Crippen LogP contribution in [0.1, 0.15) is 20.7 Å². The highest BCUT2D eigenvalue weighted by atomic mass is 35.5. The Bertz CT molecular complexity index is 775. The van der Waals surface area contributed by atoms with E-state index in [0.717, 1.165) is 0 Å². The van der Waals surface area contributed by atoms with Gasteiger partial charge < -0.3 is 19.9 Å². The van der Waals surface area contributed by atoms with Crippen molar-refractivity contribution in [3.8, 4) is 11.5 Å². The number of nitrogens with one attached hydrogen (secondary N) is 1. The minimum absolute atomic E-state index is 0.0786. The van der Waals surface area contributed by atoms with Gasteiger partial charge in [-0.1, -0.05) is 11.6 Å². The lowest BCUT2D eigenvalue weighted by atomic mass is 10.1. The van der Waals surface area contributed by atoms with E-state index in [1.165, 1.54) is 18.2 Å². The zero-order valence-electron chi connectivity index (χ0n) is 11.1. The average Bonchev–Trinajstić information content (AvgIpc) is 2.96. The van der Waals surface area contributed by atoms with E-state index in [9.17, 15) is 9.59 Å². The maximum atomic E-state index is 12.2. The van der Waals surface area contributed by atoms with Crippen LogP contribution in [0.15, 0.2) is 36.4 Å². The van der Waals surface area contributed by atoms with Crippen molar-refractivity contribution in [3.05, 3.63) is 52.5 Å². The van der Waals surface area contributed by atoms with Gasteiger partial charge in [0.05, 0.1) is 10.6 Å². The molecule has 22 heavy (non-hydrogen) atoms. The molecule has 0 saturated heterocycles. The van der Waals surface area contributed by atoms with E-state index >= 15 is 0 Å². The molecule has 0 atom stereocenters. The Morgan fingerprint density at radius 2 is 1.86 bits per heavy atom. The number of anilines is 1. The number of hydrogen-bond donors (Lipinski definition) is 2. The molecule has 0 spiro atoms. The van der Waals surface area contributed by atoms with Crippen LogP contribution in [0.4, 0.5) is 5.69 Å². The molecule has 1 aliphatic rings. The Hall–Kier alpha value is -2.73. The van der Waals surface area contributed by atoms with Crippen LogP contribution >= 0.6 is 11.6 Å². The van der Waals surface area contributed by atoms with E-state index < -0.39 is 11.9 Å². The van der Waals surface area contributed by atoms with E-state index in [1.807, 2.05) is 0 Å². The number of aromatic carboxylic acids is 1. The summed E-state index contributed by atoms with van der Waals surface area (Å²) in [6.45, 7) is 0.125. The summed E-state index contributed by atoms with van der Waals surface area (Å²) in [5, 5.41) is 11.7. The molecule has 3 rings (SSSR count). The van der Waals surface area contributed by atoms with Crippen molar-refractivity contribution in [2.45, 2.75) is 0 Å². The molecule has 0 bridgehead atoms. The van der Waals surface area contributed by atoms with Gasteiger partial charge in [-0.3, -0.25) is 4.79 Å². The maximum absolute atomic E-state index is 12.2. The van der Waals surface area contributed by atoms with Gasteiger partial charge in [-0.25, -0.2) is 4.79 Å². The number of carbonyl (C=O) groups excluding carboxylic acids is 1. The summed E-state index contributed by atoms with van der Waals surface area (Å²) in [6.07, 6.45) is 0. The summed E-state index contributed by atoms with van der Waals surface area (Å²) < 4.78 is 10.4. The molecule has 0 unspecified atom stereocenters. The first-order valence-corrected chi connectivity index (χ1v) is 6.66. The standard InChI is InChI=1S/C15H10ClNO5/c16-11-3-2-9(6-10(11)15(19)20)17-14(18)8-1-4-12-13(5-8)22-7-21-12/h1-6H,7H2,(H,17,18)(H,19,20). The van der Waals surface area contributed by atoms with E-state index in [4.69, 9.17) is 26.2 Å². The van der Waals surface area contributed by atoms with E-state index in [2.05, 4.69) is 5.32 Å². The van der Waals surface area contributed by atoms with Crippen molar-refractivity contribution in [2.75, 3.05) is 12.1 Å². The van der Waals surface area contributed by atoms with Crippen molar-refractivity contribution in [3.63, 3.8) is 0 Å². The molecule has 0 fully saturated rings. The number of hydrogen-bond acceptors (Lipinski definition) is 4. The van der Waals surface area contributed by atoms with E-state index in [-0.39, 0.29) is 17.4 Å². The fraction of sp³-hybridized carbons (Fsp3) is 0.0667. The molecule has 2 N–H and O–H groups in total. The van der Waals surface area contributed by atoms with Gasteiger partial charge in [-0.15, -0.1) is 0 Å². The topological polar surface area (TPSA) is 84.9 Å². The third-order valence-electron chi connectivity index (χ3n) is 3.09. The van der Waals surface area contributed by atoms with Crippen LogP contribution < -0.4 is 14.8 Å². The monoisotopic (exact) mass is 319 g/mol. The molecule has 1 amide bonds. The summed E-state index contributed by atoms with van der Waals surface area (Å²) in [5.74, 6) is -0.479. The third kappa shape index (κ3) is 2.68. The summed E-state index contributed by atoms with van der Waals surface area (Å²) in [4.78, 5) is 23.2. The van der Waals surface area contributed by atoms with Crippen LogP contribution in [0.2, 0.25) is 5.02 Å². The van der Waals surface area contributed by atoms with Gasteiger partial charge in [-0.2, -0.15) is 0 Å². The molecule has 6 nitrogen and oxygen atoms in total. The lowest BCUT2D eigenvalue weighted by Crippen LogP contribution is -2.12. The van der Waals surface area contributed by atoms with Crippen LogP contribution in [0.5, 0.6) is 11.5 Å². The first-order valence-electron chi connectivity index (χ1n) is 6.28. The molecule has 0 saturated carbocycles. The van der Waals surface area contributed by atoms with Gasteiger partial charge in [0.2, 0.25) is 6.79 Å². The Balaban J connectivity index is 1.82. The lowest BCUT2D eigenvalue weighted by molar-refractivity contribution is 0.0696. The van der Waals surface area contributed by atoms with Crippen LogP contribution in [-0.2, 0) is 0 Å². The zero-order valence-corrected chi connectivity index (χ0v) is 11.9. The number of halogens is 1. The van der Waals surface area contributed by atoms with E-state index in [0.29, 0.717) is 22.7 Å². The molecule has 112 valence electrons. The minimum atomic E-state index is -1.16. The van der Waals surface area contributed by atoms with Crippen molar-refractivity contribution >= 4 is 29.2 Å². The number of carbonyl (C=O) groups is 2. The normalized spacial score (nSPS) is 12.0. The Morgan fingerprint density at radius 3 is 2.64 bits per heavy atom. The minimum Gasteiger partial charge on any atom is -0.478 e.